The summed E-state index contributed by atoms with van der Waals surface area (Å²) in [7, 11) is 0. The minimum absolute atomic E-state index is 0.275. The Hall–Kier alpha value is -2.10. The summed E-state index contributed by atoms with van der Waals surface area (Å²) in [4.78, 5) is 4.56. The van der Waals surface area contributed by atoms with Gasteiger partial charge in [0.15, 0.2) is 0 Å². The van der Waals surface area contributed by atoms with Crippen LogP contribution in [0.15, 0.2) is 65.3 Å². The van der Waals surface area contributed by atoms with E-state index in [0.29, 0.717) is 23.4 Å². The molecule has 1 atom stereocenters. The second kappa shape index (κ2) is 7.65. The molecule has 3 nitrogen and oxygen atoms in total. The van der Waals surface area contributed by atoms with Gasteiger partial charge in [0.25, 0.3) is 0 Å². The summed E-state index contributed by atoms with van der Waals surface area (Å²) in [5, 5.41) is 4.25. The number of halogens is 1. The van der Waals surface area contributed by atoms with Crippen LogP contribution in [0.1, 0.15) is 31.1 Å². The first-order chi connectivity index (χ1) is 11.6. The van der Waals surface area contributed by atoms with Crippen molar-refractivity contribution >= 4 is 11.6 Å². The zero-order valence-electron chi connectivity index (χ0n) is 13.9. The van der Waals surface area contributed by atoms with Crippen LogP contribution in [0.3, 0.4) is 0 Å². The summed E-state index contributed by atoms with van der Waals surface area (Å²) in [6, 6.07) is 18.3. The number of aromatic nitrogens is 1. The van der Waals surface area contributed by atoms with Crippen LogP contribution in [0, 0.1) is 5.92 Å². The van der Waals surface area contributed by atoms with Gasteiger partial charge in [-0.1, -0.05) is 61.8 Å². The SMILES string of the molecule is CC(C)C(NCc1coc(-c2cccc(Cl)c2)n1)c1ccccc1. The molecule has 2 aromatic carbocycles. The summed E-state index contributed by atoms with van der Waals surface area (Å²) in [6.45, 7) is 5.08. The lowest BCUT2D eigenvalue weighted by Crippen LogP contribution is -2.25. The normalized spacial score (nSPS) is 12.5. The number of hydrogen-bond acceptors (Lipinski definition) is 3. The first kappa shape index (κ1) is 16.7. The molecule has 0 saturated carbocycles. The monoisotopic (exact) mass is 340 g/mol. The first-order valence-electron chi connectivity index (χ1n) is 8.12. The number of nitrogens with one attached hydrogen (secondary N) is 1. The minimum atomic E-state index is 0.275. The van der Waals surface area contributed by atoms with Crippen molar-refractivity contribution in [1.82, 2.24) is 10.3 Å². The molecule has 1 aromatic heterocycles. The van der Waals surface area contributed by atoms with E-state index in [4.69, 9.17) is 16.0 Å². The van der Waals surface area contributed by atoms with Gasteiger partial charge >= 0.3 is 0 Å². The molecular weight excluding hydrogens is 320 g/mol. The van der Waals surface area contributed by atoms with Gasteiger partial charge in [0.05, 0.1) is 5.69 Å². The Bertz CT molecular complexity index is 783. The van der Waals surface area contributed by atoms with Crippen molar-refractivity contribution < 1.29 is 4.42 Å². The third-order valence-electron chi connectivity index (χ3n) is 3.95. The smallest absolute Gasteiger partial charge is 0.226 e. The maximum atomic E-state index is 6.03. The Kier molecular flexibility index (Phi) is 5.34. The summed E-state index contributed by atoms with van der Waals surface area (Å²) < 4.78 is 5.59. The van der Waals surface area contributed by atoms with Crippen LogP contribution >= 0.6 is 11.6 Å². The average Bonchev–Trinajstić information content (AvgIpc) is 3.05. The van der Waals surface area contributed by atoms with Crippen LogP contribution in [0.4, 0.5) is 0 Å². The Labute approximate surface area is 147 Å². The first-order valence-corrected chi connectivity index (χ1v) is 8.50. The Balaban J connectivity index is 1.70. The molecule has 0 amide bonds. The molecule has 0 aliphatic rings. The van der Waals surface area contributed by atoms with E-state index in [9.17, 15) is 0 Å². The molecule has 124 valence electrons. The van der Waals surface area contributed by atoms with Gasteiger partial charge in [0.2, 0.25) is 5.89 Å². The largest absolute Gasteiger partial charge is 0.444 e. The Morgan fingerprint density at radius 2 is 1.88 bits per heavy atom. The van der Waals surface area contributed by atoms with Gasteiger partial charge in [-0.2, -0.15) is 0 Å². The highest BCUT2D eigenvalue weighted by atomic mass is 35.5. The highest BCUT2D eigenvalue weighted by molar-refractivity contribution is 6.30. The second-order valence-corrected chi connectivity index (χ2v) is 6.60. The lowest BCUT2D eigenvalue weighted by molar-refractivity contribution is 0.408. The van der Waals surface area contributed by atoms with E-state index >= 15 is 0 Å². The van der Waals surface area contributed by atoms with Gasteiger partial charge in [0.1, 0.15) is 6.26 Å². The predicted octanol–water partition coefficient (Wildman–Crippen LogP) is 5.48. The molecule has 0 saturated heterocycles. The van der Waals surface area contributed by atoms with Crippen molar-refractivity contribution in [3.05, 3.63) is 77.1 Å². The maximum Gasteiger partial charge on any atom is 0.226 e. The standard InChI is InChI=1S/C20H21ClN2O/c1-14(2)19(15-7-4-3-5-8-15)22-12-18-13-24-20(23-18)16-9-6-10-17(21)11-16/h3-11,13-14,19,22H,12H2,1-2H3. The van der Waals surface area contributed by atoms with Crippen molar-refractivity contribution in [2.24, 2.45) is 5.92 Å². The second-order valence-electron chi connectivity index (χ2n) is 6.17. The van der Waals surface area contributed by atoms with Gasteiger partial charge in [-0.3, -0.25) is 0 Å². The molecule has 1 unspecified atom stereocenters. The van der Waals surface area contributed by atoms with Gasteiger partial charge < -0.3 is 9.73 Å². The number of rotatable bonds is 6. The van der Waals surface area contributed by atoms with Gasteiger partial charge in [0, 0.05) is 23.2 Å². The van der Waals surface area contributed by atoms with Crippen LogP contribution in [-0.2, 0) is 6.54 Å². The van der Waals surface area contributed by atoms with E-state index in [-0.39, 0.29) is 6.04 Å². The molecule has 0 spiro atoms. The van der Waals surface area contributed by atoms with Crippen LogP contribution in [0.2, 0.25) is 5.02 Å². The quantitative estimate of drug-likeness (QED) is 0.645. The van der Waals surface area contributed by atoms with E-state index in [1.807, 2.05) is 30.3 Å². The van der Waals surface area contributed by atoms with Crippen molar-refractivity contribution in [2.45, 2.75) is 26.4 Å². The van der Waals surface area contributed by atoms with E-state index in [0.717, 1.165) is 11.3 Å². The van der Waals surface area contributed by atoms with Gasteiger partial charge in [-0.15, -0.1) is 0 Å². The highest BCUT2D eigenvalue weighted by Crippen LogP contribution is 2.24. The van der Waals surface area contributed by atoms with Crippen LogP contribution in [0.25, 0.3) is 11.5 Å². The number of nitrogens with zero attached hydrogens (tertiary/aromatic N) is 1. The highest BCUT2D eigenvalue weighted by Gasteiger charge is 2.16. The Morgan fingerprint density at radius 3 is 2.58 bits per heavy atom. The van der Waals surface area contributed by atoms with E-state index in [2.05, 4.69) is 48.4 Å². The van der Waals surface area contributed by atoms with Gasteiger partial charge in [-0.05, 0) is 29.7 Å². The van der Waals surface area contributed by atoms with E-state index in [1.165, 1.54) is 5.56 Å². The van der Waals surface area contributed by atoms with E-state index in [1.54, 1.807) is 6.26 Å². The van der Waals surface area contributed by atoms with E-state index < -0.39 is 0 Å². The molecule has 1 heterocycles. The molecule has 0 bridgehead atoms. The fourth-order valence-electron chi connectivity index (χ4n) is 2.76. The molecule has 4 heteroatoms. The third kappa shape index (κ3) is 4.05. The van der Waals surface area contributed by atoms with Crippen molar-refractivity contribution in [3.8, 4) is 11.5 Å². The third-order valence-corrected chi connectivity index (χ3v) is 4.19. The lowest BCUT2D eigenvalue weighted by atomic mass is 9.96. The summed E-state index contributed by atoms with van der Waals surface area (Å²) in [5.41, 5.74) is 3.05. The van der Waals surface area contributed by atoms with Crippen molar-refractivity contribution in [3.63, 3.8) is 0 Å². The van der Waals surface area contributed by atoms with Crippen LogP contribution < -0.4 is 5.32 Å². The van der Waals surface area contributed by atoms with Crippen molar-refractivity contribution in [2.75, 3.05) is 0 Å². The van der Waals surface area contributed by atoms with Crippen LogP contribution in [0.5, 0.6) is 0 Å². The minimum Gasteiger partial charge on any atom is -0.444 e. The molecular formula is C20H21ClN2O. The molecule has 0 aliphatic heterocycles. The molecule has 0 fully saturated rings. The number of oxazole rings is 1. The average molecular weight is 341 g/mol. The molecule has 0 radical (unpaired) electrons. The maximum absolute atomic E-state index is 6.03. The number of hydrogen-bond donors (Lipinski definition) is 1. The van der Waals surface area contributed by atoms with Crippen LogP contribution in [-0.4, -0.2) is 4.98 Å². The molecule has 24 heavy (non-hydrogen) atoms. The molecule has 3 rings (SSSR count). The topological polar surface area (TPSA) is 38.1 Å². The van der Waals surface area contributed by atoms with Gasteiger partial charge in [-0.25, -0.2) is 4.98 Å². The Morgan fingerprint density at radius 1 is 1.08 bits per heavy atom. The zero-order valence-corrected chi connectivity index (χ0v) is 14.6. The predicted molar refractivity (Wildman–Crippen MR) is 97.8 cm³/mol. The fraction of sp³-hybridized carbons (Fsp3) is 0.250. The lowest BCUT2D eigenvalue weighted by Gasteiger charge is -2.22. The fourth-order valence-corrected chi connectivity index (χ4v) is 2.95. The number of benzene rings is 2. The summed E-state index contributed by atoms with van der Waals surface area (Å²) in [5.74, 6) is 1.07. The molecule has 0 aliphatic carbocycles. The summed E-state index contributed by atoms with van der Waals surface area (Å²) >= 11 is 6.03. The molecule has 1 N–H and O–H groups in total. The molecule has 3 aromatic rings. The zero-order chi connectivity index (χ0) is 16.9. The van der Waals surface area contributed by atoms with Crippen molar-refractivity contribution in [1.29, 1.82) is 0 Å². The summed E-state index contributed by atoms with van der Waals surface area (Å²) in [6.07, 6.45) is 1.70.